The second-order valence-corrected chi connectivity index (χ2v) is 10.1. The van der Waals surface area contributed by atoms with Crippen molar-refractivity contribution in [2.75, 3.05) is 26.5 Å². The molecule has 2 aromatic carbocycles. The van der Waals surface area contributed by atoms with E-state index in [-0.39, 0.29) is 5.91 Å². The lowest BCUT2D eigenvalue weighted by Gasteiger charge is -2.14. The largest absolute Gasteiger partial charge is 0.497 e. The Morgan fingerprint density at radius 1 is 1.05 bits per heavy atom. The number of thiophene rings is 1. The van der Waals surface area contributed by atoms with E-state index in [0.29, 0.717) is 33.4 Å². The van der Waals surface area contributed by atoms with E-state index in [4.69, 9.17) is 20.2 Å². The highest BCUT2D eigenvalue weighted by atomic mass is 32.1. The van der Waals surface area contributed by atoms with Gasteiger partial charge in [-0.1, -0.05) is 42.0 Å². The van der Waals surface area contributed by atoms with Crippen LogP contribution in [0.4, 0.5) is 5.69 Å². The first kappa shape index (κ1) is 24.8. The summed E-state index contributed by atoms with van der Waals surface area (Å²) >= 11 is 1.32. The number of fused-ring (bicyclic) bond motifs is 1. The standard InChI is InChI=1S/C30H31N3O3S/c1-35-21-13-14-25(36-2)22(17-21)23-18-24(20-11-7-4-8-12-20)33-30-26(23)27(31)28(37-30)29(34)32-16-15-19-9-5-3-6-10-19/h4,7-9,11-14,17-18H,3,5-6,10,15-16,31H2,1-2H3,(H,32,34). The number of hydrogen-bond donors (Lipinski definition) is 2. The van der Waals surface area contributed by atoms with Crippen LogP contribution in [0.3, 0.4) is 0 Å². The predicted octanol–water partition coefficient (Wildman–Crippen LogP) is 6.85. The molecule has 1 aliphatic rings. The number of pyridine rings is 1. The highest BCUT2D eigenvalue weighted by Crippen LogP contribution is 2.44. The van der Waals surface area contributed by atoms with Gasteiger partial charge in [0.15, 0.2) is 0 Å². The molecule has 0 fully saturated rings. The maximum Gasteiger partial charge on any atom is 0.263 e. The first-order chi connectivity index (χ1) is 18.1. The molecule has 37 heavy (non-hydrogen) atoms. The molecule has 4 aromatic rings. The number of rotatable bonds is 8. The van der Waals surface area contributed by atoms with Gasteiger partial charge in [0.05, 0.1) is 25.6 Å². The minimum atomic E-state index is -0.165. The van der Waals surface area contributed by atoms with Crippen LogP contribution in [-0.2, 0) is 0 Å². The van der Waals surface area contributed by atoms with Crippen molar-refractivity contribution in [3.05, 3.63) is 71.1 Å². The number of nitrogens with zero attached hydrogens (tertiary/aromatic N) is 1. The number of methoxy groups -OCH3 is 2. The lowest BCUT2D eigenvalue weighted by Crippen LogP contribution is -2.24. The lowest BCUT2D eigenvalue weighted by atomic mass is 9.97. The normalized spacial score (nSPS) is 13.3. The van der Waals surface area contributed by atoms with Crippen LogP contribution in [-0.4, -0.2) is 31.7 Å². The summed E-state index contributed by atoms with van der Waals surface area (Å²) in [6.07, 6.45) is 7.93. The van der Waals surface area contributed by atoms with E-state index in [9.17, 15) is 4.79 Å². The molecule has 2 aromatic heterocycles. The number of carbonyl (C=O) groups excluding carboxylic acids is 1. The number of anilines is 1. The molecule has 0 spiro atoms. The van der Waals surface area contributed by atoms with Crippen molar-refractivity contribution in [2.45, 2.75) is 32.1 Å². The minimum Gasteiger partial charge on any atom is -0.497 e. The topological polar surface area (TPSA) is 86.5 Å². The molecule has 0 saturated heterocycles. The highest BCUT2D eigenvalue weighted by molar-refractivity contribution is 7.21. The summed E-state index contributed by atoms with van der Waals surface area (Å²) in [6, 6.07) is 17.6. The van der Waals surface area contributed by atoms with Crippen LogP contribution < -0.4 is 20.5 Å². The summed E-state index contributed by atoms with van der Waals surface area (Å²) in [5, 5.41) is 3.82. The number of allylic oxidation sites excluding steroid dienone is 1. The average molecular weight is 514 g/mol. The molecule has 3 N–H and O–H groups in total. The summed E-state index contributed by atoms with van der Waals surface area (Å²) in [4.78, 5) is 19.3. The Hall–Kier alpha value is -3.84. The number of nitrogen functional groups attached to an aromatic ring is 1. The zero-order chi connectivity index (χ0) is 25.8. The number of nitrogens with one attached hydrogen (secondary N) is 1. The minimum absolute atomic E-state index is 0.165. The van der Waals surface area contributed by atoms with Gasteiger partial charge in [-0.2, -0.15) is 0 Å². The summed E-state index contributed by atoms with van der Waals surface area (Å²) in [5.41, 5.74) is 12.0. The van der Waals surface area contributed by atoms with Gasteiger partial charge in [0, 0.05) is 28.6 Å². The molecule has 1 aliphatic carbocycles. The molecule has 5 rings (SSSR count). The van der Waals surface area contributed by atoms with Crippen molar-refractivity contribution in [3.63, 3.8) is 0 Å². The number of benzene rings is 2. The lowest BCUT2D eigenvalue weighted by molar-refractivity contribution is 0.0959. The summed E-state index contributed by atoms with van der Waals surface area (Å²) < 4.78 is 11.2. The number of hydrogen-bond acceptors (Lipinski definition) is 6. The van der Waals surface area contributed by atoms with Gasteiger partial charge < -0.3 is 20.5 Å². The smallest absolute Gasteiger partial charge is 0.263 e. The first-order valence-corrected chi connectivity index (χ1v) is 13.4. The van der Waals surface area contributed by atoms with Crippen LogP contribution >= 0.6 is 11.3 Å². The van der Waals surface area contributed by atoms with E-state index in [1.54, 1.807) is 14.2 Å². The Morgan fingerprint density at radius 2 is 1.89 bits per heavy atom. The molecule has 2 heterocycles. The van der Waals surface area contributed by atoms with Crippen LogP contribution in [0.15, 0.2) is 66.2 Å². The van der Waals surface area contributed by atoms with E-state index >= 15 is 0 Å². The van der Waals surface area contributed by atoms with E-state index in [0.717, 1.165) is 47.0 Å². The van der Waals surface area contributed by atoms with Crippen LogP contribution in [0.1, 0.15) is 41.8 Å². The molecule has 6 nitrogen and oxygen atoms in total. The SMILES string of the molecule is COc1ccc(OC)c(-c2cc(-c3ccccc3)nc3sc(C(=O)NCCC4=CCCCC4)c(N)c23)c1. The molecule has 0 atom stereocenters. The Morgan fingerprint density at radius 3 is 2.62 bits per heavy atom. The van der Waals surface area contributed by atoms with Crippen molar-refractivity contribution >= 4 is 33.1 Å². The maximum absolute atomic E-state index is 13.2. The number of amides is 1. The fraction of sp³-hybridized carbons (Fsp3) is 0.267. The molecular weight excluding hydrogens is 482 g/mol. The molecule has 0 bridgehead atoms. The van der Waals surface area contributed by atoms with Gasteiger partial charge in [0.2, 0.25) is 0 Å². The Balaban J connectivity index is 1.59. The molecule has 0 radical (unpaired) electrons. The maximum atomic E-state index is 13.2. The highest BCUT2D eigenvalue weighted by Gasteiger charge is 2.23. The van der Waals surface area contributed by atoms with Crippen LogP contribution in [0, 0.1) is 0 Å². The van der Waals surface area contributed by atoms with Crippen molar-refractivity contribution in [3.8, 4) is 33.9 Å². The molecule has 0 saturated carbocycles. The third-order valence-electron chi connectivity index (χ3n) is 6.79. The van der Waals surface area contributed by atoms with Crippen molar-refractivity contribution in [1.29, 1.82) is 0 Å². The zero-order valence-electron chi connectivity index (χ0n) is 21.2. The van der Waals surface area contributed by atoms with Gasteiger partial charge >= 0.3 is 0 Å². The monoisotopic (exact) mass is 513 g/mol. The van der Waals surface area contributed by atoms with Gasteiger partial charge in [0.25, 0.3) is 5.91 Å². The van der Waals surface area contributed by atoms with Crippen molar-refractivity contribution in [1.82, 2.24) is 10.3 Å². The van der Waals surface area contributed by atoms with E-state index in [1.165, 1.54) is 29.8 Å². The fourth-order valence-electron chi connectivity index (χ4n) is 4.83. The molecule has 0 aliphatic heterocycles. The van der Waals surface area contributed by atoms with Crippen LogP contribution in [0.25, 0.3) is 32.6 Å². The van der Waals surface area contributed by atoms with Crippen LogP contribution in [0.2, 0.25) is 0 Å². The van der Waals surface area contributed by atoms with Gasteiger partial charge in [-0.25, -0.2) is 4.98 Å². The summed E-state index contributed by atoms with van der Waals surface area (Å²) in [6.45, 7) is 0.595. The number of aromatic nitrogens is 1. The molecule has 1 amide bonds. The van der Waals surface area contributed by atoms with Gasteiger partial charge in [0.1, 0.15) is 21.2 Å². The van der Waals surface area contributed by atoms with Crippen molar-refractivity contribution in [2.24, 2.45) is 0 Å². The van der Waals surface area contributed by atoms with Crippen molar-refractivity contribution < 1.29 is 14.3 Å². The van der Waals surface area contributed by atoms with Gasteiger partial charge in [-0.15, -0.1) is 11.3 Å². The molecule has 7 heteroatoms. The first-order valence-electron chi connectivity index (χ1n) is 12.6. The second-order valence-electron chi connectivity index (χ2n) is 9.13. The Labute approximate surface area is 221 Å². The zero-order valence-corrected chi connectivity index (χ0v) is 22.0. The number of carbonyl (C=O) groups is 1. The average Bonchev–Trinajstić information content (AvgIpc) is 3.29. The summed E-state index contributed by atoms with van der Waals surface area (Å²) in [5.74, 6) is 1.22. The van der Waals surface area contributed by atoms with Gasteiger partial charge in [-0.05, 0) is 56.4 Å². The molecular formula is C30H31N3O3S. The molecule has 0 unspecified atom stereocenters. The summed E-state index contributed by atoms with van der Waals surface area (Å²) in [7, 11) is 3.27. The molecule has 190 valence electrons. The number of ether oxygens (including phenoxy) is 2. The van der Waals surface area contributed by atoms with Crippen LogP contribution in [0.5, 0.6) is 11.5 Å². The third-order valence-corrected chi connectivity index (χ3v) is 7.89. The quantitative estimate of drug-likeness (QED) is 0.252. The number of nitrogens with two attached hydrogens (primary N) is 1. The predicted molar refractivity (Wildman–Crippen MR) is 152 cm³/mol. The third kappa shape index (κ3) is 5.18. The Bertz CT molecular complexity index is 1460. The van der Waals surface area contributed by atoms with E-state index in [1.807, 2.05) is 54.6 Å². The fourth-order valence-corrected chi connectivity index (χ4v) is 5.87. The van der Waals surface area contributed by atoms with Gasteiger partial charge in [-0.3, -0.25) is 4.79 Å². The Kier molecular flexibility index (Phi) is 7.42. The van der Waals surface area contributed by atoms with E-state index in [2.05, 4.69) is 11.4 Å². The van der Waals surface area contributed by atoms with E-state index < -0.39 is 0 Å². The second kappa shape index (κ2) is 11.0.